The summed E-state index contributed by atoms with van der Waals surface area (Å²) in [5.41, 5.74) is 2.79. The van der Waals surface area contributed by atoms with Crippen molar-refractivity contribution in [1.82, 2.24) is 5.32 Å². The largest absolute Gasteiger partial charge is 0.306 e. The van der Waals surface area contributed by atoms with E-state index in [0.29, 0.717) is 5.56 Å². The van der Waals surface area contributed by atoms with Gasteiger partial charge in [0, 0.05) is 10.4 Å². The van der Waals surface area contributed by atoms with Crippen LogP contribution in [0.2, 0.25) is 4.34 Å². The molecule has 1 heterocycles. The van der Waals surface area contributed by atoms with Gasteiger partial charge in [0.15, 0.2) is 0 Å². The second-order valence-electron chi connectivity index (χ2n) is 5.02. The molecule has 1 N–H and O–H groups in total. The predicted molar refractivity (Wildman–Crippen MR) is 85.3 cm³/mol. The third-order valence-electron chi connectivity index (χ3n) is 3.22. The molecule has 0 radical (unpaired) electrons. The Bertz CT molecular complexity index is 575. The summed E-state index contributed by atoms with van der Waals surface area (Å²) >= 11 is 7.68. The first-order valence-corrected chi connectivity index (χ1v) is 7.97. The number of nitrogens with one attached hydrogen (secondary N) is 1. The fourth-order valence-electron chi connectivity index (χ4n) is 2.16. The number of benzene rings is 1. The fraction of sp³-hybridized carbons (Fsp3) is 0.375. The lowest BCUT2D eigenvalue weighted by molar-refractivity contribution is 0.550. The molecule has 2 rings (SSSR count). The molecule has 0 aliphatic heterocycles. The molecule has 4 heteroatoms. The molecule has 0 aliphatic rings. The Morgan fingerprint density at radius 2 is 2.05 bits per heavy atom. The summed E-state index contributed by atoms with van der Waals surface area (Å²) in [6, 6.07) is 7.15. The SMILES string of the molecule is CCCNC(c1cc(C)c(Cl)s1)c1cc(C)ccc1F. The van der Waals surface area contributed by atoms with Gasteiger partial charge in [-0.15, -0.1) is 11.3 Å². The van der Waals surface area contributed by atoms with Crippen LogP contribution >= 0.6 is 22.9 Å². The molecule has 0 bridgehead atoms. The van der Waals surface area contributed by atoms with Crippen LogP contribution in [0.4, 0.5) is 4.39 Å². The van der Waals surface area contributed by atoms with Crippen molar-refractivity contribution in [3.63, 3.8) is 0 Å². The van der Waals surface area contributed by atoms with Crippen LogP contribution in [0, 0.1) is 19.7 Å². The van der Waals surface area contributed by atoms with Gasteiger partial charge in [-0.3, -0.25) is 0 Å². The van der Waals surface area contributed by atoms with Crippen LogP contribution in [0.25, 0.3) is 0 Å². The monoisotopic (exact) mass is 311 g/mol. The van der Waals surface area contributed by atoms with Crippen LogP contribution < -0.4 is 5.32 Å². The smallest absolute Gasteiger partial charge is 0.128 e. The highest BCUT2D eigenvalue weighted by Gasteiger charge is 2.20. The van der Waals surface area contributed by atoms with Crippen molar-refractivity contribution in [3.05, 3.63) is 56.0 Å². The normalized spacial score (nSPS) is 12.7. The highest BCUT2D eigenvalue weighted by atomic mass is 35.5. The van der Waals surface area contributed by atoms with E-state index in [9.17, 15) is 4.39 Å². The van der Waals surface area contributed by atoms with Gasteiger partial charge < -0.3 is 5.32 Å². The molecule has 20 heavy (non-hydrogen) atoms. The van der Waals surface area contributed by atoms with E-state index in [1.165, 1.54) is 17.4 Å². The molecular weight excluding hydrogens is 293 g/mol. The maximum atomic E-state index is 14.2. The molecule has 1 aromatic carbocycles. The van der Waals surface area contributed by atoms with E-state index in [0.717, 1.165) is 33.3 Å². The molecule has 0 saturated heterocycles. The van der Waals surface area contributed by atoms with Crippen molar-refractivity contribution in [2.45, 2.75) is 33.2 Å². The molecule has 0 saturated carbocycles. The summed E-state index contributed by atoms with van der Waals surface area (Å²) < 4.78 is 14.9. The first kappa shape index (κ1) is 15.5. The molecular formula is C16H19ClFNS. The van der Waals surface area contributed by atoms with Crippen molar-refractivity contribution in [2.75, 3.05) is 6.54 Å². The highest BCUT2D eigenvalue weighted by Crippen LogP contribution is 2.35. The topological polar surface area (TPSA) is 12.0 Å². The molecule has 0 spiro atoms. The number of aryl methyl sites for hydroxylation is 2. The quantitative estimate of drug-likeness (QED) is 0.795. The molecule has 1 nitrogen and oxygen atoms in total. The molecule has 0 fully saturated rings. The maximum absolute atomic E-state index is 14.2. The van der Waals surface area contributed by atoms with Crippen molar-refractivity contribution in [3.8, 4) is 0 Å². The summed E-state index contributed by atoms with van der Waals surface area (Å²) in [6.45, 7) is 6.90. The van der Waals surface area contributed by atoms with Gasteiger partial charge in [-0.2, -0.15) is 0 Å². The van der Waals surface area contributed by atoms with Crippen LogP contribution in [0.3, 0.4) is 0 Å². The van der Waals surface area contributed by atoms with Gasteiger partial charge in [-0.25, -0.2) is 4.39 Å². The fourth-order valence-corrected chi connectivity index (χ4v) is 3.48. The first-order chi connectivity index (χ1) is 9.52. The second-order valence-corrected chi connectivity index (χ2v) is 6.70. The van der Waals surface area contributed by atoms with Crippen molar-refractivity contribution in [1.29, 1.82) is 0 Å². The molecule has 0 aliphatic carbocycles. The van der Waals surface area contributed by atoms with Crippen molar-refractivity contribution >= 4 is 22.9 Å². The second kappa shape index (κ2) is 6.70. The Labute approximate surface area is 128 Å². The number of hydrogen-bond donors (Lipinski definition) is 1. The first-order valence-electron chi connectivity index (χ1n) is 6.78. The van der Waals surface area contributed by atoms with Crippen LogP contribution in [0.1, 0.15) is 41.0 Å². The zero-order chi connectivity index (χ0) is 14.7. The van der Waals surface area contributed by atoms with Gasteiger partial charge in [0.1, 0.15) is 5.82 Å². The lowest BCUT2D eigenvalue weighted by atomic mass is 10.0. The number of hydrogen-bond acceptors (Lipinski definition) is 2. The molecule has 2 aromatic rings. The summed E-state index contributed by atoms with van der Waals surface area (Å²) in [6.07, 6.45) is 1.00. The Balaban J connectivity index is 2.43. The highest BCUT2D eigenvalue weighted by molar-refractivity contribution is 7.16. The standard InChI is InChI=1S/C16H19ClFNS/c1-4-7-19-15(14-9-11(3)16(17)20-14)12-8-10(2)5-6-13(12)18/h5-6,8-9,15,19H,4,7H2,1-3H3. The Morgan fingerprint density at radius 3 is 2.65 bits per heavy atom. The van der Waals surface area contributed by atoms with Gasteiger partial charge in [0.25, 0.3) is 0 Å². The Kier molecular flexibility index (Phi) is 5.19. The van der Waals surface area contributed by atoms with E-state index < -0.39 is 0 Å². The molecule has 0 amide bonds. The summed E-state index contributed by atoms with van der Waals surface area (Å²) in [5, 5.41) is 3.42. The van der Waals surface area contributed by atoms with Crippen LogP contribution in [-0.2, 0) is 0 Å². The average molecular weight is 312 g/mol. The van der Waals surface area contributed by atoms with E-state index in [2.05, 4.69) is 12.2 Å². The average Bonchev–Trinajstić information content (AvgIpc) is 2.74. The summed E-state index contributed by atoms with van der Waals surface area (Å²) in [4.78, 5) is 1.06. The van der Waals surface area contributed by atoms with E-state index in [-0.39, 0.29) is 11.9 Å². The van der Waals surface area contributed by atoms with Crippen molar-refractivity contribution in [2.24, 2.45) is 0 Å². The van der Waals surface area contributed by atoms with E-state index in [1.807, 2.05) is 26.0 Å². The van der Waals surface area contributed by atoms with Gasteiger partial charge >= 0.3 is 0 Å². The van der Waals surface area contributed by atoms with Crippen LogP contribution in [-0.4, -0.2) is 6.54 Å². The summed E-state index contributed by atoms with van der Waals surface area (Å²) in [7, 11) is 0. The zero-order valence-electron chi connectivity index (χ0n) is 12.0. The predicted octanol–water partition coefficient (Wildman–Crippen LogP) is 5.25. The number of rotatable bonds is 5. The van der Waals surface area contributed by atoms with Gasteiger partial charge in [0.05, 0.1) is 10.4 Å². The van der Waals surface area contributed by atoms with Crippen LogP contribution in [0.5, 0.6) is 0 Å². The van der Waals surface area contributed by atoms with E-state index in [1.54, 1.807) is 6.07 Å². The Morgan fingerprint density at radius 1 is 1.30 bits per heavy atom. The summed E-state index contributed by atoms with van der Waals surface area (Å²) in [5.74, 6) is -0.175. The van der Waals surface area contributed by atoms with Crippen molar-refractivity contribution < 1.29 is 4.39 Å². The minimum atomic E-state index is -0.175. The Hall–Kier alpha value is -0.900. The van der Waals surface area contributed by atoms with Gasteiger partial charge in [0.2, 0.25) is 0 Å². The molecule has 1 aromatic heterocycles. The lowest BCUT2D eigenvalue weighted by Crippen LogP contribution is -2.23. The van der Waals surface area contributed by atoms with Crippen LogP contribution in [0.15, 0.2) is 24.3 Å². The number of thiophene rings is 1. The third kappa shape index (κ3) is 3.40. The van der Waals surface area contributed by atoms with E-state index >= 15 is 0 Å². The van der Waals surface area contributed by atoms with Gasteiger partial charge in [-0.1, -0.05) is 36.2 Å². The number of halogens is 2. The minimum Gasteiger partial charge on any atom is -0.306 e. The third-order valence-corrected chi connectivity index (χ3v) is 4.84. The molecule has 108 valence electrons. The molecule has 1 unspecified atom stereocenters. The zero-order valence-corrected chi connectivity index (χ0v) is 13.5. The lowest BCUT2D eigenvalue weighted by Gasteiger charge is -2.19. The maximum Gasteiger partial charge on any atom is 0.128 e. The van der Waals surface area contributed by atoms with E-state index in [4.69, 9.17) is 11.6 Å². The van der Waals surface area contributed by atoms with Gasteiger partial charge in [-0.05, 0) is 44.5 Å². The molecule has 1 atom stereocenters. The minimum absolute atomic E-state index is 0.133.